The fourth-order valence-electron chi connectivity index (χ4n) is 2.48. The molecule has 4 rings (SSSR count). The summed E-state index contributed by atoms with van der Waals surface area (Å²) in [6, 6.07) is 7.28. The molecule has 0 aliphatic heterocycles. The van der Waals surface area contributed by atoms with E-state index in [9.17, 15) is 0 Å². The van der Waals surface area contributed by atoms with Crippen molar-refractivity contribution in [1.82, 2.24) is 20.1 Å². The molecule has 3 heterocycles. The van der Waals surface area contributed by atoms with Crippen LogP contribution >= 0.6 is 34.7 Å². The Morgan fingerprint density at radius 3 is 2.69 bits per heavy atom. The van der Waals surface area contributed by atoms with Gasteiger partial charge in [0.2, 0.25) is 11.7 Å². The van der Waals surface area contributed by atoms with Gasteiger partial charge in [0, 0.05) is 15.5 Å². The van der Waals surface area contributed by atoms with Gasteiger partial charge >= 0.3 is 0 Å². The fraction of sp³-hybridized carbons (Fsp3) is 0.176. The number of thiophene rings is 1. The van der Waals surface area contributed by atoms with Crippen LogP contribution in [0.25, 0.3) is 21.6 Å². The van der Waals surface area contributed by atoms with E-state index >= 15 is 0 Å². The van der Waals surface area contributed by atoms with E-state index in [0.29, 0.717) is 33.5 Å². The molecule has 0 amide bonds. The summed E-state index contributed by atoms with van der Waals surface area (Å²) in [5, 5.41) is 6.21. The van der Waals surface area contributed by atoms with Gasteiger partial charge in [0.1, 0.15) is 10.6 Å². The summed E-state index contributed by atoms with van der Waals surface area (Å²) in [5.41, 5.74) is 8.10. The Morgan fingerprint density at radius 1 is 1.15 bits per heavy atom. The van der Waals surface area contributed by atoms with Crippen molar-refractivity contribution in [3.8, 4) is 11.4 Å². The normalized spacial score (nSPS) is 11.3. The molecular weight excluding hydrogens is 390 g/mol. The molecule has 0 fully saturated rings. The average Bonchev–Trinajstić information content (AvgIpc) is 3.19. The molecule has 6 nitrogen and oxygen atoms in total. The van der Waals surface area contributed by atoms with Gasteiger partial charge in [-0.1, -0.05) is 28.5 Å². The highest BCUT2D eigenvalue weighted by Gasteiger charge is 2.14. The Labute approximate surface area is 162 Å². The molecule has 26 heavy (non-hydrogen) atoms. The third-order valence-electron chi connectivity index (χ3n) is 3.93. The number of hydrogen-bond acceptors (Lipinski definition) is 8. The van der Waals surface area contributed by atoms with Crippen LogP contribution in [-0.4, -0.2) is 20.1 Å². The van der Waals surface area contributed by atoms with Crippen molar-refractivity contribution in [2.24, 2.45) is 0 Å². The van der Waals surface area contributed by atoms with E-state index in [0.717, 1.165) is 21.3 Å². The number of nitrogen functional groups attached to an aromatic ring is 1. The molecule has 0 unspecified atom stereocenters. The SMILES string of the molecule is Cc1sc2nc(SCc3nc(-c4ccc(Cl)cc4)no3)nc(N)c2c1C. The van der Waals surface area contributed by atoms with E-state index < -0.39 is 0 Å². The number of aromatic nitrogens is 4. The maximum Gasteiger partial charge on any atom is 0.237 e. The van der Waals surface area contributed by atoms with Gasteiger partial charge in [-0.25, -0.2) is 9.97 Å². The maximum atomic E-state index is 6.11. The van der Waals surface area contributed by atoms with Crippen LogP contribution in [0.5, 0.6) is 0 Å². The molecule has 3 aromatic heterocycles. The number of halogens is 1. The van der Waals surface area contributed by atoms with Gasteiger partial charge in [-0.05, 0) is 43.7 Å². The minimum absolute atomic E-state index is 0.467. The van der Waals surface area contributed by atoms with E-state index in [-0.39, 0.29) is 0 Å². The lowest BCUT2D eigenvalue weighted by Crippen LogP contribution is -1.96. The molecule has 1 aromatic carbocycles. The minimum atomic E-state index is 0.467. The molecule has 9 heteroatoms. The number of rotatable bonds is 4. The molecule has 132 valence electrons. The van der Waals surface area contributed by atoms with E-state index in [1.807, 2.05) is 19.1 Å². The van der Waals surface area contributed by atoms with Crippen molar-refractivity contribution < 1.29 is 4.52 Å². The molecule has 0 aliphatic rings. The summed E-state index contributed by atoms with van der Waals surface area (Å²) >= 11 is 8.94. The minimum Gasteiger partial charge on any atom is -0.383 e. The lowest BCUT2D eigenvalue weighted by atomic mass is 10.2. The van der Waals surface area contributed by atoms with Gasteiger partial charge in [-0.2, -0.15) is 4.98 Å². The van der Waals surface area contributed by atoms with Crippen molar-refractivity contribution in [3.05, 3.63) is 45.6 Å². The summed E-state index contributed by atoms with van der Waals surface area (Å²) < 4.78 is 5.31. The first-order valence-corrected chi connectivity index (χ1v) is 9.94. The molecule has 0 radical (unpaired) electrons. The number of thioether (sulfide) groups is 1. The van der Waals surface area contributed by atoms with Crippen molar-refractivity contribution in [2.75, 3.05) is 5.73 Å². The molecule has 0 spiro atoms. The third kappa shape index (κ3) is 3.27. The number of anilines is 1. The number of nitrogens with zero attached hydrogens (tertiary/aromatic N) is 4. The van der Waals surface area contributed by atoms with Crippen LogP contribution in [0.1, 0.15) is 16.3 Å². The molecule has 2 N–H and O–H groups in total. The van der Waals surface area contributed by atoms with E-state index in [4.69, 9.17) is 21.9 Å². The summed E-state index contributed by atoms with van der Waals surface area (Å²) in [4.78, 5) is 15.5. The lowest BCUT2D eigenvalue weighted by Gasteiger charge is -2.01. The van der Waals surface area contributed by atoms with Gasteiger partial charge in [0.25, 0.3) is 0 Å². The van der Waals surface area contributed by atoms with Crippen LogP contribution in [0.4, 0.5) is 5.82 Å². The molecule has 0 saturated carbocycles. The van der Waals surface area contributed by atoms with E-state index in [2.05, 4.69) is 27.0 Å². The van der Waals surface area contributed by atoms with Crippen LogP contribution in [0.2, 0.25) is 5.02 Å². The molecule has 0 atom stereocenters. The van der Waals surface area contributed by atoms with Gasteiger partial charge in [-0.3, -0.25) is 0 Å². The zero-order valence-electron chi connectivity index (χ0n) is 14.0. The fourth-order valence-corrected chi connectivity index (χ4v) is 4.39. The Hall–Kier alpha value is -2.16. The van der Waals surface area contributed by atoms with Crippen LogP contribution < -0.4 is 5.73 Å². The number of aryl methyl sites for hydroxylation is 2. The van der Waals surface area contributed by atoms with Crippen LogP contribution in [0.15, 0.2) is 33.9 Å². The predicted octanol–water partition coefficient (Wildman–Crippen LogP) is 4.89. The smallest absolute Gasteiger partial charge is 0.237 e. The summed E-state index contributed by atoms with van der Waals surface area (Å²) in [6.07, 6.45) is 0. The Kier molecular flexibility index (Phi) is 4.56. The Balaban J connectivity index is 1.52. The van der Waals surface area contributed by atoms with Crippen LogP contribution in [0.3, 0.4) is 0 Å². The lowest BCUT2D eigenvalue weighted by molar-refractivity contribution is 0.391. The third-order valence-corrected chi connectivity index (χ3v) is 6.12. The monoisotopic (exact) mass is 403 g/mol. The summed E-state index contributed by atoms with van der Waals surface area (Å²) in [6.45, 7) is 4.10. The predicted molar refractivity (Wildman–Crippen MR) is 106 cm³/mol. The summed E-state index contributed by atoms with van der Waals surface area (Å²) in [5.74, 6) is 2.00. The van der Waals surface area contributed by atoms with Crippen molar-refractivity contribution in [2.45, 2.75) is 24.8 Å². The molecule has 0 aliphatic carbocycles. The highest BCUT2D eigenvalue weighted by molar-refractivity contribution is 7.98. The maximum absolute atomic E-state index is 6.11. The van der Waals surface area contributed by atoms with Crippen LogP contribution in [0, 0.1) is 13.8 Å². The second-order valence-electron chi connectivity index (χ2n) is 5.66. The zero-order valence-corrected chi connectivity index (χ0v) is 16.4. The molecule has 4 aromatic rings. The van der Waals surface area contributed by atoms with Crippen molar-refractivity contribution in [1.29, 1.82) is 0 Å². The first-order valence-electron chi connectivity index (χ1n) is 7.76. The average molecular weight is 404 g/mol. The second-order valence-corrected chi connectivity index (χ2v) is 8.24. The van der Waals surface area contributed by atoms with Crippen molar-refractivity contribution in [3.63, 3.8) is 0 Å². The summed E-state index contributed by atoms with van der Waals surface area (Å²) in [7, 11) is 0. The topological polar surface area (TPSA) is 90.7 Å². The van der Waals surface area contributed by atoms with Gasteiger partial charge in [0.05, 0.1) is 11.1 Å². The first-order chi connectivity index (χ1) is 12.5. The molecule has 0 saturated heterocycles. The van der Waals surface area contributed by atoms with Crippen molar-refractivity contribution >= 4 is 50.7 Å². The standard InChI is InChI=1S/C17H14ClN5OS2/c1-8-9(2)26-16-13(8)14(19)21-17(22-16)25-7-12-20-15(23-24-12)10-3-5-11(18)6-4-10/h3-6H,7H2,1-2H3,(H2,19,21,22). The molecule has 0 bridgehead atoms. The van der Waals surface area contributed by atoms with Gasteiger partial charge < -0.3 is 10.3 Å². The second kappa shape index (κ2) is 6.86. The number of nitrogens with two attached hydrogens (primary N) is 1. The van der Waals surface area contributed by atoms with E-state index in [1.54, 1.807) is 23.5 Å². The van der Waals surface area contributed by atoms with Crippen LogP contribution in [-0.2, 0) is 5.75 Å². The Bertz CT molecular complexity index is 1090. The highest BCUT2D eigenvalue weighted by atomic mass is 35.5. The quantitative estimate of drug-likeness (QED) is 0.383. The van der Waals surface area contributed by atoms with Gasteiger partial charge in [-0.15, -0.1) is 11.3 Å². The first kappa shape index (κ1) is 17.3. The van der Waals surface area contributed by atoms with E-state index in [1.165, 1.54) is 16.6 Å². The zero-order chi connectivity index (χ0) is 18.3. The largest absolute Gasteiger partial charge is 0.383 e. The highest BCUT2D eigenvalue weighted by Crippen LogP contribution is 2.34. The molecular formula is C17H14ClN5OS2. The number of fused-ring (bicyclic) bond motifs is 1. The Morgan fingerprint density at radius 2 is 1.92 bits per heavy atom. The van der Waals surface area contributed by atoms with Gasteiger partial charge in [0.15, 0.2) is 5.16 Å². The number of benzene rings is 1. The number of hydrogen-bond donors (Lipinski definition) is 1.